The smallest absolute Gasteiger partial charge is 0.177 e. The second-order valence-corrected chi connectivity index (χ2v) is 12.4. The molecule has 2 atom stereocenters. The molecule has 2 aromatic carbocycles. The van der Waals surface area contributed by atoms with Crippen LogP contribution >= 0.6 is 11.8 Å². The van der Waals surface area contributed by atoms with Crippen LogP contribution in [0, 0.1) is 11.6 Å². The topological polar surface area (TPSA) is 104 Å². The minimum Gasteiger partial charge on any atom is -0.382 e. The first-order valence-corrected chi connectivity index (χ1v) is 14.3. The number of hydrogen-bond donors (Lipinski definition) is 1. The number of rotatable bonds is 9. The van der Waals surface area contributed by atoms with Gasteiger partial charge in [-0.15, -0.1) is 11.8 Å². The van der Waals surface area contributed by atoms with E-state index in [-0.39, 0.29) is 22.3 Å². The van der Waals surface area contributed by atoms with Gasteiger partial charge in [-0.3, -0.25) is 0 Å². The molecule has 1 aliphatic rings. The van der Waals surface area contributed by atoms with Crippen LogP contribution in [0.4, 0.5) is 8.78 Å². The number of nitrogens with zero attached hydrogens (tertiary/aromatic N) is 3. The van der Waals surface area contributed by atoms with Crippen molar-refractivity contribution in [1.29, 1.82) is 0 Å². The molecule has 3 aromatic rings. The van der Waals surface area contributed by atoms with Crippen LogP contribution < -0.4 is 0 Å². The first kappa shape index (κ1) is 27.4. The largest absolute Gasteiger partial charge is 0.382 e. The molecule has 1 saturated heterocycles. The Hall–Kier alpha value is -2.64. The second kappa shape index (κ2) is 11.4. The molecule has 198 valence electrons. The molecule has 0 bridgehead atoms. The Morgan fingerprint density at radius 3 is 2.51 bits per heavy atom. The molecule has 0 saturated carbocycles. The van der Waals surface area contributed by atoms with Crippen LogP contribution in [-0.2, 0) is 31.5 Å². The zero-order valence-corrected chi connectivity index (χ0v) is 21.8. The third-order valence-electron chi connectivity index (χ3n) is 5.98. The molecule has 37 heavy (non-hydrogen) atoms. The van der Waals surface area contributed by atoms with Gasteiger partial charge in [-0.25, -0.2) is 26.9 Å². The van der Waals surface area contributed by atoms with Gasteiger partial charge in [0.1, 0.15) is 29.9 Å². The van der Waals surface area contributed by atoms with E-state index in [1.165, 1.54) is 47.3 Å². The van der Waals surface area contributed by atoms with Crippen LogP contribution in [0.1, 0.15) is 18.1 Å². The lowest BCUT2D eigenvalue weighted by molar-refractivity contribution is -0.146. The van der Waals surface area contributed by atoms with Crippen LogP contribution in [-0.4, -0.2) is 64.5 Å². The Labute approximate surface area is 218 Å². The number of hydrogen-bond acceptors (Lipinski definition) is 8. The fourth-order valence-electron chi connectivity index (χ4n) is 3.94. The van der Waals surface area contributed by atoms with Crippen LogP contribution in [0.25, 0.3) is 6.08 Å². The summed E-state index contributed by atoms with van der Waals surface area (Å²) in [6.45, 7) is 2.32. The molecular formula is C25H27F2N3O5S2. The molecule has 0 aliphatic carbocycles. The summed E-state index contributed by atoms with van der Waals surface area (Å²) in [6.07, 6.45) is 6.81. The summed E-state index contributed by atoms with van der Waals surface area (Å²) in [5, 5.41) is 15.0. The quantitative estimate of drug-likeness (QED) is 0.432. The van der Waals surface area contributed by atoms with Gasteiger partial charge in [-0.2, -0.15) is 5.10 Å². The summed E-state index contributed by atoms with van der Waals surface area (Å²) in [6, 6.07) is 9.57. The van der Waals surface area contributed by atoms with Gasteiger partial charge < -0.3 is 14.6 Å². The highest BCUT2D eigenvalue weighted by molar-refractivity contribution is 8.00. The number of benzene rings is 2. The normalized spacial score (nSPS) is 21.1. The molecule has 1 aliphatic heterocycles. The fraction of sp³-hybridized carbons (Fsp3) is 0.360. The number of sulfone groups is 1. The van der Waals surface area contributed by atoms with Gasteiger partial charge in [-0.1, -0.05) is 31.2 Å². The van der Waals surface area contributed by atoms with Crippen molar-refractivity contribution in [3.8, 4) is 0 Å². The molecule has 4 rings (SSSR count). The minimum absolute atomic E-state index is 0.0373. The van der Waals surface area contributed by atoms with Crippen molar-refractivity contribution in [2.24, 2.45) is 0 Å². The van der Waals surface area contributed by atoms with Gasteiger partial charge in [0.25, 0.3) is 0 Å². The lowest BCUT2D eigenvalue weighted by atomic mass is 9.90. The van der Waals surface area contributed by atoms with Crippen molar-refractivity contribution < 1.29 is 31.8 Å². The molecule has 12 heteroatoms. The number of aromatic nitrogens is 3. The Morgan fingerprint density at radius 1 is 1.22 bits per heavy atom. The number of thioether (sulfide) groups is 1. The van der Waals surface area contributed by atoms with E-state index in [4.69, 9.17) is 9.47 Å². The number of halogens is 2. The Morgan fingerprint density at radius 2 is 1.92 bits per heavy atom. The number of aliphatic hydroxyl groups is 1. The molecule has 0 unspecified atom stereocenters. The van der Waals surface area contributed by atoms with E-state index in [0.29, 0.717) is 13.2 Å². The summed E-state index contributed by atoms with van der Waals surface area (Å²) in [5.74, 6) is -1.58. The maximum Gasteiger partial charge on any atom is 0.177 e. The van der Waals surface area contributed by atoms with Gasteiger partial charge >= 0.3 is 0 Å². The van der Waals surface area contributed by atoms with E-state index in [1.807, 2.05) is 0 Å². The summed E-state index contributed by atoms with van der Waals surface area (Å²) >= 11 is 1.37. The van der Waals surface area contributed by atoms with E-state index in [1.54, 1.807) is 31.2 Å². The van der Waals surface area contributed by atoms with Crippen LogP contribution in [0.3, 0.4) is 0 Å². The van der Waals surface area contributed by atoms with Crippen molar-refractivity contribution in [1.82, 2.24) is 14.8 Å². The predicted octanol–water partition coefficient (Wildman–Crippen LogP) is 3.42. The number of ether oxygens (including phenoxy) is 2. The lowest BCUT2D eigenvalue weighted by Crippen LogP contribution is -2.43. The van der Waals surface area contributed by atoms with Crippen LogP contribution in [0.2, 0.25) is 0 Å². The molecule has 1 aromatic heterocycles. The van der Waals surface area contributed by atoms with Crippen molar-refractivity contribution in [2.75, 3.05) is 19.5 Å². The zero-order chi connectivity index (χ0) is 26.6. The second-order valence-electron chi connectivity index (χ2n) is 8.78. The van der Waals surface area contributed by atoms with Crippen molar-refractivity contribution in [3.63, 3.8) is 0 Å². The molecule has 0 amide bonds. The third-order valence-corrected chi connectivity index (χ3v) is 8.57. The predicted molar refractivity (Wildman–Crippen MR) is 135 cm³/mol. The summed E-state index contributed by atoms with van der Waals surface area (Å²) in [5.41, 5.74) is -0.959. The van der Waals surface area contributed by atoms with Crippen LogP contribution in [0.5, 0.6) is 0 Å². The fourth-order valence-corrected chi connectivity index (χ4v) is 5.89. The summed E-state index contributed by atoms with van der Waals surface area (Å²) in [7, 11) is -3.26. The van der Waals surface area contributed by atoms with Gasteiger partial charge in [0, 0.05) is 23.1 Å². The molecular weight excluding hydrogens is 524 g/mol. The Kier molecular flexibility index (Phi) is 8.44. The Bertz CT molecular complexity index is 1330. The zero-order valence-electron chi connectivity index (χ0n) is 20.2. The van der Waals surface area contributed by atoms with Crippen molar-refractivity contribution in [2.45, 2.75) is 40.8 Å². The van der Waals surface area contributed by atoms with Crippen molar-refractivity contribution in [3.05, 3.63) is 84.0 Å². The van der Waals surface area contributed by atoms with Gasteiger partial charge in [0.05, 0.1) is 29.9 Å². The van der Waals surface area contributed by atoms with E-state index in [0.717, 1.165) is 24.0 Å². The monoisotopic (exact) mass is 551 g/mol. The summed E-state index contributed by atoms with van der Waals surface area (Å²) < 4.78 is 64.4. The van der Waals surface area contributed by atoms with E-state index in [9.17, 15) is 22.3 Å². The average Bonchev–Trinajstić information content (AvgIpc) is 3.36. The lowest BCUT2D eigenvalue weighted by Gasteiger charge is -2.37. The minimum atomic E-state index is -3.26. The highest BCUT2D eigenvalue weighted by Crippen LogP contribution is 2.38. The van der Waals surface area contributed by atoms with Gasteiger partial charge in [0.15, 0.2) is 16.1 Å². The average molecular weight is 552 g/mol. The van der Waals surface area contributed by atoms with Crippen LogP contribution in [0.15, 0.2) is 66.1 Å². The standard InChI is InChI=1S/C25H27F2N3O5S2/c1-17(25(31,14-30-16-28-15-29-30)22-9-6-19(26)11-23(22)27)36-20-12-34-24(35-13-20)10-5-18-3-7-21(8-4-18)37(2,32)33/h3-11,15-17,20,24,31H,12-14H2,1-2H3/b10-5+/t17-,20?,24?,25-/m1/s1. The molecule has 0 spiro atoms. The maximum absolute atomic E-state index is 14.7. The van der Waals surface area contributed by atoms with Gasteiger partial charge in [-0.05, 0) is 29.8 Å². The first-order chi connectivity index (χ1) is 17.5. The molecule has 0 radical (unpaired) electrons. The van der Waals surface area contributed by atoms with Crippen molar-refractivity contribution >= 4 is 27.7 Å². The summed E-state index contributed by atoms with van der Waals surface area (Å²) in [4.78, 5) is 4.12. The molecule has 2 heterocycles. The van der Waals surface area contributed by atoms with Gasteiger partial charge in [0.2, 0.25) is 0 Å². The van der Waals surface area contributed by atoms with E-state index in [2.05, 4.69) is 10.1 Å². The van der Waals surface area contributed by atoms with E-state index >= 15 is 0 Å². The highest BCUT2D eigenvalue weighted by atomic mass is 32.2. The Balaban J connectivity index is 1.39. The van der Waals surface area contributed by atoms with E-state index < -0.39 is 38.6 Å². The molecule has 1 N–H and O–H groups in total. The molecule has 1 fully saturated rings. The SMILES string of the molecule is C[C@@H](SC1COC(/C=C/c2ccc(S(C)(=O)=O)cc2)OC1)[C@](O)(Cn1cncn1)c1ccc(F)cc1F. The highest BCUT2D eigenvalue weighted by Gasteiger charge is 2.41. The first-order valence-electron chi connectivity index (χ1n) is 11.4. The molecule has 8 nitrogen and oxygen atoms in total. The third kappa shape index (κ3) is 6.82. The maximum atomic E-state index is 14.7.